The van der Waals surface area contributed by atoms with Crippen molar-refractivity contribution >= 4 is 11.9 Å². The lowest BCUT2D eigenvalue weighted by molar-refractivity contribution is -0.150. The highest BCUT2D eigenvalue weighted by atomic mass is 16.5. The Morgan fingerprint density at radius 2 is 0.914 bits per heavy atom. The molecule has 0 aromatic carbocycles. The molecule has 1 amide bonds. The molecule has 0 spiro atoms. The number of carbonyl (C=O) groups is 2. The Morgan fingerprint density at radius 1 is 0.517 bits per heavy atom. The van der Waals surface area contributed by atoms with Gasteiger partial charge >= 0.3 is 5.97 Å². The van der Waals surface area contributed by atoms with Gasteiger partial charge in [-0.15, -0.1) is 0 Å². The van der Waals surface area contributed by atoms with Crippen molar-refractivity contribution in [3.8, 4) is 0 Å². The number of unbranched alkanes of at least 4 members (excludes halogenated alkanes) is 22. The normalized spacial score (nSPS) is 13.8. The fourth-order valence-corrected chi connectivity index (χ4v) is 7.05. The SMILES string of the molecule is CCCCC/C=C\C/C=C\C/C=C\C/C=C\CC(CC(=O)NC(CO)C(O)CCCCCCCCCCC)OC(=O)CCCCCCCCC/C=C\CCCCCC. The highest BCUT2D eigenvalue weighted by Gasteiger charge is 2.23. The molecule has 3 unspecified atom stereocenters. The first kappa shape index (κ1) is 55.6. The molecule has 0 aromatic rings. The van der Waals surface area contributed by atoms with Crippen molar-refractivity contribution in [3.63, 3.8) is 0 Å². The molecule has 0 saturated carbocycles. The van der Waals surface area contributed by atoms with Gasteiger partial charge in [-0.1, -0.05) is 204 Å². The average molecular weight is 812 g/mol. The van der Waals surface area contributed by atoms with Gasteiger partial charge in [0.05, 0.1) is 25.2 Å². The van der Waals surface area contributed by atoms with E-state index in [4.69, 9.17) is 4.74 Å². The molecule has 0 aliphatic carbocycles. The highest BCUT2D eigenvalue weighted by Crippen LogP contribution is 2.15. The zero-order valence-corrected chi connectivity index (χ0v) is 38.2. The Balaban J connectivity index is 4.73. The molecule has 0 aliphatic rings. The largest absolute Gasteiger partial charge is 0.461 e. The van der Waals surface area contributed by atoms with Gasteiger partial charge in [-0.25, -0.2) is 0 Å². The summed E-state index contributed by atoms with van der Waals surface area (Å²) in [6.45, 7) is 6.39. The Kier molecular flexibility index (Phi) is 43.7. The predicted molar refractivity (Wildman–Crippen MR) is 250 cm³/mol. The minimum absolute atomic E-state index is 0.000931. The monoisotopic (exact) mass is 812 g/mol. The molecule has 0 aromatic heterocycles. The number of aliphatic hydroxyl groups is 2. The third-order valence-electron chi connectivity index (χ3n) is 10.8. The number of ether oxygens (including phenoxy) is 1. The minimum atomic E-state index is -0.810. The summed E-state index contributed by atoms with van der Waals surface area (Å²) in [5.41, 5.74) is 0. The van der Waals surface area contributed by atoms with Crippen LogP contribution in [0, 0.1) is 0 Å². The van der Waals surface area contributed by atoms with Crippen molar-refractivity contribution in [2.75, 3.05) is 6.61 Å². The van der Waals surface area contributed by atoms with E-state index in [1.807, 2.05) is 6.08 Å². The summed E-state index contributed by atoms with van der Waals surface area (Å²) in [5, 5.41) is 23.6. The first-order valence-corrected chi connectivity index (χ1v) is 24.5. The zero-order valence-electron chi connectivity index (χ0n) is 38.2. The van der Waals surface area contributed by atoms with Crippen LogP contribution in [0.4, 0.5) is 0 Å². The molecule has 6 heteroatoms. The van der Waals surface area contributed by atoms with E-state index >= 15 is 0 Å². The van der Waals surface area contributed by atoms with Crippen molar-refractivity contribution in [1.29, 1.82) is 0 Å². The third kappa shape index (κ3) is 40.3. The van der Waals surface area contributed by atoms with Crippen molar-refractivity contribution in [2.24, 2.45) is 0 Å². The number of carbonyl (C=O) groups excluding carboxylic acids is 2. The fraction of sp³-hybridized carbons (Fsp3) is 0.769. The summed E-state index contributed by atoms with van der Waals surface area (Å²) in [4.78, 5) is 26.0. The van der Waals surface area contributed by atoms with Crippen LogP contribution in [0.1, 0.15) is 233 Å². The van der Waals surface area contributed by atoms with Crippen LogP contribution in [0.15, 0.2) is 60.8 Å². The Bertz CT molecular complexity index is 1050. The summed E-state index contributed by atoms with van der Waals surface area (Å²) < 4.78 is 5.85. The molecule has 336 valence electrons. The summed E-state index contributed by atoms with van der Waals surface area (Å²) in [7, 11) is 0. The van der Waals surface area contributed by atoms with Crippen molar-refractivity contribution in [3.05, 3.63) is 60.8 Å². The van der Waals surface area contributed by atoms with Gasteiger partial charge in [0.25, 0.3) is 0 Å². The third-order valence-corrected chi connectivity index (χ3v) is 10.8. The maximum atomic E-state index is 13.1. The number of hydrogen-bond donors (Lipinski definition) is 3. The second-order valence-electron chi connectivity index (χ2n) is 16.5. The van der Waals surface area contributed by atoms with E-state index in [-0.39, 0.29) is 24.9 Å². The van der Waals surface area contributed by atoms with E-state index in [9.17, 15) is 19.8 Å². The highest BCUT2D eigenvalue weighted by molar-refractivity contribution is 5.77. The second kappa shape index (κ2) is 45.6. The summed E-state index contributed by atoms with van der Waals surface area (Å²) >= 11 is 0. The molecule has 6 nitrogen and oxygen atoms in total. The van der Waals surface area contributed by atoms with Crippen LogP contribution in [0.5, 0.6) is 0 Å². The van der Waals surface area contributed by atoms with Crippen molar-refractivity contribution in [2.45, 2.75) is 251 Å². The molecule has 0 radical (unpaired) electrons. The Labute approximate surface area is 358 Å². The van der Waals surface area contributed by atoms with Crippen LogP contribution in [0.2, 0.25) is 0 Å². The van der Waals surface area contributed by atoms with Gasteiger partial charge < -0.3 is 20.3 Å². The molecule has 0 rings (SSSR count). The van der Waals surface area contributed by atoms with Gasteiger partial charge in [-0.2, -0.15) is 0 Å². The van der Waals surface area contributed by atoms with E-state index in [0.717, 1.165) is 57.8 Å². The average Bonchev–Trinajstić information content (AvgIpc) is 3.22. The predicted octanol–water partition coefficient (Wildman–Crippen LogP) is 14.5. The maximum Gasteiger partial charge on any atom is 0.306 e. The van der Waals surface area contributed by atoms with E-state index in [1.54, 1.807) is 0 Å². The number of rotatable bonds is 43. The van der Waals surface area contributed by atoms with Gasteiger partial charge in [0.15, 0.2) is 0 Å². The minimum Gasteiger partial charge on any atom is -0.461 e. The van der Waals surface area contributed by atoms with E-state index in [1.165, 1.54) is 128 Å². The van der Waals surface area contributed by atoms with Crippen LogP contribution in [-0.4, -0.2) is 46.9 Å². The van der Waals surface area contributed by atoms with E-state index in [2.05, 4.69) is 80.8 Å². The number of esters is 1. The smallest absolute Gasteiger partial charge is 0.306 e. The summed E-state index contributed by atoms with van der Waals surface area (Å²) in [5.74, 6) is -0.583. The van der Waals surface area contributed by atoms with Crippen LogP contribution >= 0.6 is 0 Å². The molecular formula is C52H93NO5. The van der Waals surface area contributed by atoms with E-state index in [0.29, 0.717) is 19.3 Å². The molecule has 0 bridgehead atoms. The number of amides is 1. The standard InChI is InChI=1S/C52H93NO5/c1-4-7-10-13-16-19-21-23-25-27-29-32-34-37-40-43-48(46-51(56)53-49(47-54)50(55)44-41-38-35-31-18-15-12-9-6-3)58-52(57)45-42-39-36-33-30-28-26-24-22-20-17-14-11-8-5-2/h16,19-20,22-23,25,29,32,37,40,48-50,54-55H,4-15,17-18,21,24,26-28,30-31,33-36,38-39,41-47H2,1-3H3,(H,53,56)/b19-16-,22-20-,25-23-,32-29-,40-37-. The lowest BCUT2D eigenvalue weighted by atomic mass is 10.0. The van der Waals surface area contributed by atoms with Crippen molar-refractivity contribution < 1.29 is 24.5 Å². The van der Waals surface area contributed by atoms with Gasteiger partial charge in [-0.3, -0.25) is 9.59 Å². The molecule has 58 heavy (non-hydrogen) atoms. The topological polar surface area (TPSA) is 95.9 Å². The lowest BCUT2D eigenvalue weighted by Gasteiger charge is -2.24. The molecule has 0 aliphatic heterocycles. The molecule has 0 fully saturated rings. The van der Waals surface area contributed by atoms with E-state index < -0.39 is 18.2 Å². The molecular weight excluding hydrogens is 719 g/mol. The quantitative estimate of drug-likeness (QED) is 0.0324. The van der Waals surface area contributed by atoms with Crippen LogP contribution in [-0.2, 0) is 14.3 Å². The van der Waals surface area contributed by atoms with Gasteiger partial charge in [-0.05, 0) is 70.6 Å². The maximum absolute atomic E-state index is 13.1. The van der Waals surface area contributed by atoms with Crippen LogP contribution in [0.25, 0.3) is 0 Å². The second-order valence-corrected chi connectivity index (χ2v) is 16.5. The molecule has 0 heterocycles. The first-order chi connectivity index (χ1) is 28.5. The van der Waals surface area contributed by atoms with Crippen LogP contribution < -0.4 is 5.32 Å². The number of hydrogen-bond acceptors (Lipinski definition) is 5. The first-order valence-electron chi connectivity index (χ1n) is 24.5. The van der Waals surface area contributed by atoms with Crippen LogP contribution in [0.3, 0.4) is 0 Å². The molecule has 0 saturated heterocycles. The van der Waals surface area contributed by atoms with Gasteiger partial charge in [0, 0.05) is 12.8 Å². The molecule has 3 atom stereocenters. The van der Waals surface area contributed by atoms with Gasteiger partial charge in [0.1, 0.15) is 6.10 Å². The Hall–Kier alpha value is -2.44. The van der Waals surface area contributed by atoms with Gasteiger partial charge in [0.2, 0.25) is 5.91 Å². The summed E-state index contributed by atoms with van der Waals surface area (Å²) in [6, 6.07) is -0.730. The zero-order chi connectivity index (χ0) is 42.4. The lowest BCUT2D eigenvalue weighted by Crippen LogP contribution is -2.46. The molecule has 3 N–H and O–H groups in total. The number of nitrogens with one attached hydrogen (secondary N) is 1. The Morgan fingerprint density at radius 3 is 1.45 bits per heavy atom. The number of aliphatic hydroxyl groups excluding tert-OH is 2. The number of allylic oxidation sites excluding steroid dienone is 9. The summed E-state index contributed by atoms with van der Waals surface area (Å²) in [6.07, 6.45) is 55.8. The fourth-order valence-electron chi connectivity index (χ4n) is 7.05. The van der Waals surface area contributed by atoms with Crippen molar-refractivity contribution in [1.82, 2.24) is 5.32 Å².